The fourth-order valence-electron chi connectivity index (χ4n) is 3.94. The average Bonchev–Trinajstić information content (AvgIpc) is 3.28. The number of methoxy groups -OCH3 is 1. The zero-order valence-electron chi connectivity index (χ0n) is 19.2. The molecule has 1 aliphatic heterocycles. The van der Waals surface area contributed by atoms with Gasteiger partial charge in [0.2, 0.25) is 21.9 Å². The number of nitrogens with zero attached hydrogens (tertiary/aromatic N) is 6. The van der Waals surface area contributed by atoms with E-state index in [4.69, 9.17) is 4.74 Å². The van der Waals surface area contributed by atoms with Crippen LogP contribution < -0.4 is 10.1 Å². The number of nitrogens with one attached hydrogen (secondary N) is 1. The van der Waals surface area contributed by atoms with Gasteiger partial charge in [-0.3, -0.25) is 0 Å². The van der Waals surface area contributed by atoms with E-state index >= 15 is 0 Å². The van der Waals surface area contributed by atoms with E-state index in [9.17, 15) is 21.6 Å². The molecule has 0 aliphatic carbocycles. The molecule has 0 atom stereocenters. The van der Waals surface area contributed by atoms with Crippen LogP contribution in [0.2, 0.25) is 0 Å². The normalized spacial score (nSPS) is 15.8. The SMILES string of the molecule is COc1nccc(-n2cnc(-c3nc(NC4CCN(S(C)(=O)=O)CC4)ncc3C(F)(F)F)c2)c1C. The van der Waals surface area contributed by atoms with Crippen molar-refractivity contribution in [1.82, 2.24) is 28.8 Å². The second-order valence-electron chi connectivity index (χ2n) is 8.16. The molecule has 10 nitrogen and oxygen atoms in total. The predicted molar refractivity (Wildman–Crippen MR) is 122 cm³/mol. The Kier molecular flexibility index (Phi) is 6.68. The number of alkyl halides is 3. The zero-order valence-corrected chi connectivity index (χ0v) is 20.1. The molecule has 0 saturated carbocycles. The molecule has 0 spiro atoms. The minimum Gasteiger partial charge on any atom is -0.481 e. The summed E-state index contributed by atoms with van der Waals surface area (Å²) in [5.41, 5.74) is -0.00949. The third kappa shape index (κ3) is 5.37. The Bertz CT molecular complexity index is 1320. The van der Waals surface area contributed by atoms with Crippen LogP contribution in [-0.4, -0.2) is 69.7 Å². The van der Waals surface area contributed by atoms with Gasteiger partial charge in [-0.15, -0.1) is 0 Å². The minimum atomic E-state index is -4.69. The zero-order chi connectivity index (χ0) is 25.4. The van der Waals surface area contributed by atoms with Crippen molar-refractivity contribution in [3.8, 4) is 23.0 Å². The summed E-state index contributed by atoms with van der Waals surface area (Å²) in [7, 11) is -1.81. The number of halogens is 3. The van der Waals surface area contributed by atoms with E-state index in [1.807, 2.05) is 0 Å². The van der Waals surface area contributed by atoms with Gasteiger partial charge in [0.05, 0.1) is 25.4 Å². The molecule has 3 aromatic heterocycles. The van der Waals surface area contributed by atoms with Crippen molar-refractivity contribution < 1.29 is 26.3 Å². The van der Waals surface area contributed by atoms with Crippen molar-refractivity contribution >= 4 is 16.0 Å². The molecule has 1 N–H and O–H groups in total. The van der Waals surface area contributed by atoms with E-state index in [-0.39, 0.29) is 23.4 Å². The molecule has 4 heterocycles. The summed E-state index contributed by atoms with van der Waals surface area (Å²) >= 11 is 0. The van der Waals surface area contributed by atoms with E-state index in [1.165, 1.54) is 30.1 Å². The molecule has 0 radical (unpaired) electrons. The molecular weight excluding hydrogens is 487 g/mol. The summed E-state index contributed by atoms with van der Waals surface area (Å²) in [5, 5.41) is 3.03. The highest BCUT2D eigenvalue weighted by Gasteiger charge is 2.36. The van der Waals surface area contributed by atoms with Gasteiger partial charge in [-0.1, -0.05) is 0 Å². The van der Waals surface area contributed by atoms with Gasteiger partial charge in [0.1, 0.15) is 17.0 Å². The monoisotopic (exact) mass is 511 g/mol. The van der Waals surface area contributed by atoms with E-state index in [0.717, 1.165) is 12.5 Å². The topological polar surface area (TPSA) is 115 Å². The fourth-order valence-corrected chi connectivity index (χ4v) is 4.81. The van der Waals surface area contributed by atoms with Crippen molar-refractivity contribution in [2.75, 3.05) is 31.8 Å². The van der Waals surface area contributed by atoms with Crippen molar-refractivity contribution in [3.05, 3.63) is 42.1 Å². The molecule has 35 heavy (non-hydrogen) atoms. The summed E-state index contributed by atoms with van der Waals surface area (Å²) in [6, 6.07) is 1.52. The number of ether oxygens (including phenoxy) is 1. The maximum atomic E-state index is 13.7. The number of sulfonamides is 1. The molecule has 0 amide bonds. The van der Waals surface area contributed by atoms with E-state index < -0.39 is 21.8 Å². The second-order valence-corrected chi connectivity index (χ2v) is 10.1. The van der Waals surface area contributed by atoms with E-state index in [1.54, 1.807) is 17.6 Å². The smallest absolute Gasteiger partial charge is 0.420 e. The first-order chi connectivity index (χ1) is 16.5. The molecule has 14 heteroatoms. The fraction of sp³-hybridized carbons (Fsp3) is 0.429. The molecule has 1 fully saturated rings. The Labute approximate surface area is 200 Å². The number of aromatic nitrogens is 5. The highest BCUT2D eigenvalue weighted by Crippen LogP contribution is 2.36. The molecule has 1 aliphatic rings. The second kappa shape index (κ2) is 9.41. The molecule has 0 bridgehead atoms. The lowest BCUT2D eigenvalue weighted by Crippen LogP contribution is -2.42. The van der Waals surface area contributed by atoms with Gasteiger partial charge in [-0.05, 0) is 25.8 Å². The Morgan fingerprint density at radius 3 is 2.51 bits per heavy atom. The van der Waals surface area contributed by atoms with Gasteiger partial charge < -0.3 is 14.6 Å². The summed E-state index contributed by atoms with van der Waals surface area (Å²) < 4.78 is 72.8. The maximum absolute atomic E-state index is 13.7. The summed E-state index contributed by atoms with van der Waals surface area (Å²) in [4.78, 5) is 16.3. The predicted octanol–water partition coefficient (Wildman–Crippen LogP) is 2.90. The van der Waals surface area contributed by atoms with Gasteiger partial charge >= 0.3 is 6.18 Å². The lowest BCUT2D eigenvalue weighted by Gasteiger charge is -2.30. The number of anilines is 1. The van der Waals surface area contributed by atoms with Gasteiger partial charge in [0.15, 0.2) is 0 Å². The number of hydrogen-bond acceptors (Lipinski definition) is 8. The number of imidazole rings is 1. The highest BCUT2D eigenvalue weighted by atomic mass is 32.2. The van der Waals surface area contributed by atoms with E-state index in [0.29, 0.717) is 43.1 Å². The van der Waals surface area contributed by atoms with Crippen LogP contribution in [0, 0.1) is 6.92 Å². The number of pyridine rings is 1. The van der Waals surface area contributed by atoms with Crippen molar-refractivity contribution in [2.45, 2.75) is 32.0 Å². The molecule has 0 unspecified atom stereocenters. The van der Waals surface area contributed by atoms with Crippen LogP contribution in [0.4, 0.5) is 19.1 Å². The lowest BCUT2D eigenvalue weighted by molar-refractivity contribution is -0.137. The van der Waals surface area contributed by atoms with Crippen molar-refractivity contribution in [3.63, 3.8) is 0 Å². The number of piperidine rings is 1. The standard InChI is InChI=1S/C21H24F3N7O3S/c1-13-17(4-7-25-19(13)34-2)30-11-16(27-12-30)18-15(21(22,23)24)10-26-20(29-18)28-14-5-8-31(9-6-14)35(3,32)33/h4,7,10-12,14H,5-6,8-9H2,1-3H3,(H,26,28,29). The summed E-state index contributed by atoms with van der Waals surface area (Å²) in [5.74, 6) is 0.409. The van der Waals surface area contributed by atoms with E-state index in [2.05, 4.69) is 25.3 Å². The Balaban J connectivity index is 1.63. The Morgan fingerprint density at radius 1 is 1.17 bits per heavy atom. The van der Waals surface area contributed by atoms with Crippen LogP contribution in [0.3, 0.4) is 0 Å². The van der Waals surface area contributed by atoms with Crippen molar-refractivity contribution in [2.24, 2.45) is 0 Å². The highest BCUT2D eigenvalue weighted by molar-refractivity contribution is 7.88. The summed E-state index contributed by atoms with van der Waals surface area (Å²) in [6.07, 6.45) is 2.53. The first-order valence-electron chi connectivity index (χ1n) is 10.7. The minimum absolute atomic E-state index is 0.0158. The maximum Gasteiger partial charge on any atom is 0.420 e. The average molecular weight is 512 g/mol. The van der Waals surface area contributed by atoms with Crippen LogP contribution in [0.25, 0.3) is 17.1 Å². The van der Waals surface area contributed by atoms with Crippen LogP contribution in [-0.2, 0) is 16.2 Å². The molecule has 3 aromatic rings. The van der Waals surface area contributed by atoms with Gasteiger partial charge in [-0.25, -0.2) is 32.7 Å². The third-order valence-corrected chi connectivity index (χ3v) is 7.08. The van der Waals surface area contributed by atoms with Crippen molar-refractivity contribution in [1.29, 1.82) is 0 Å². The van der Waals surface area contributed by atoms with Crippen LogP contribution in [0.5, 0.6) is 5.88 Å². The molecule has 4 rings (SSSR count). The molecule has 0 aromatic carbocycles. The summed E-state index contributed by atoms with van der Waals surface area (Å²) in [6.45, 7) is 2.40. The molecule has 188 valence electrons. The Morgan fingerprint density at radius 2 is 1.89 bits per heavy atom. The number of rotatable bonds is 6. The lowest BCUT2D eigenvalue weighted by atomic mass is 10.1. The van der Waals surface area contributed by atoms with Gasteiger partial charge in [0, 0.05) is 43.3 Å². The third-order valence-electron chi connectivity index (χ3n) is 5.78. The van der Waals surface area contributed by atoms with Gasteiger partial charge in [-0.2, -0.15) is 13.2 Å². The first-order valence-corrected chi connectivity index (χ1v) is 12.5. The first kappa shape index (κ1) is 24.9. The number of hydrogen-bond donors (Lipinski definition) is 1. The van der Waals surface area contributed by atoms with Crippen LogP contribution >= 0.6 is 0 Å². The molecular formula is C21H24F3N7O3S. The van der Waals surface area contributed by atoms with Crippen LogP contribution in [0.1, 0.15) is 24.0 Å². The largest absolute Gasteiger partial charge is 0.481 e. The van der Waals surface area contributed by atoms with Crippen LogP contribution in [0.15, 0.2) is 31.0 Å². The quantitative estimate of drug-likeness (QED) is 0.537. The Hall–Kier alpha value is -3.26. The van der Waals surface area contributed by atoms with Gasteiger partial charge in [0.25, 0.3) is 0 Å². The molecule has 1 saturated heterocycles.